The number of benzene rings is 1. The predicted molar refractivity (Wildman–Crippen MR) is 134 cm³/mol. The zero-order valence-corrected chi connectivity index (χ0v) is 21.3. The van der Waals surface area contributed by atoms with Crippen molar-refractivity contribution in [2.24, 2.45) is 12.8 Å². The van der Waals surface area contributed by atoms with E-state index >= 15 is 0 Å². The van der Waals surface area contributed by atoms with Crippen molar-refractivity contribution in [1.82, 2.24) is 19.6 Å². The molecule has 0 unspecified atom stereocenters. The topological polar surface area (TPSA) is 143 Å². The second kappa shape index (κ2) is 11.9. The van der Waals surface area contributed by atoms with E-state index in [-0.39, 0.29) is 31.7 Å². The largest absolute Gasteiger partial charge is 0.491 e. The van der Waals surface area contributed by atoms with Gasteiger partial charge in [-0.25, -0.2) is 9.59 Å². The van der Waals surface area contributed by atoms with Gasteiger partial charge in [-0.05, 0) is 39.3 Å². The molecule has 0 bridgehead atoms. The highest BCUT2D eigenvalue weighted by Crippen LogP contribution is 2.32. The van der Waals surface area contributed by atoms with Crippen LogP contribution in [0.3, 0.4) is 0 Å². The summed E-state index contributed by atoms with van der Waals surface area (Å²) in [5.41, 5.74) is 6.31. The quantitative estimate of drug-likeness (QED) is 0.370. The predicted octanol–water partition coefficient (Wildman–Crippen LogP) is 2.25. The minimum Gasteiger partial charge on any atom is -0.491 e. The van der Waals surface area contributed by atoms with Crippen LogP contribution in [0.15, 0.2) is 18.2 Å². The first-order chi connectivity index (χ1) is 17.1. The highest BCUT2D eigenvalue weighted by atomic mass is 16.5. The number of carboxylic acid groups (broad SMARTS) is 1. The van der Waals surface area contributed by atoms with Crippen molar-refractivity contribution in [2.75, 3.05) is 44.3 Å². The molecule has 0 radical (unpaired) electrons. The van der Waals surface area contributed by atoms with Crippen LogP contribution >= 0.6 is 0 Å². The summed E-state index contributed by atoms with van der Waals surface area (Å²) in [6.07, 6.45) is -0.116. The van der Waals surface area contributed by atoms with Crippen LogP contribution in [0.4, 0.5) is 15.4 Å². The van der Waals surface area contributed by atoms with Gasteiger partial charge in [-0.2, -0.15) is 5.10 Å². The third-order valence-corrected chi connectivity index (χ3v) is 6.37. The molecule has 1 fully saturated rings. The molecule has 2 aromatic rings. The van der Waals surface area contributed by atoms with Gasteiger partial charge in [0.05, 0.1) is 19.6 Å². The highest BCUT2D eigenvalue weighted by Gasteiger charge is 2.31. The van der Waals surface area contributed by atoms with E-state index in [4.69, 9.17) is 15.2 Å². The minimum atomic E-state index is -0.879. The van der Waals surface area contributed by atoms with Crippen LogP contribution < -0.4 is 15.4 Å². The number of urea groups is 1. The Kier molecular flexibility index (Phi) is 8.97. The first kappa shape index (κ1) is 27.1. The van der Waals surface area contributed by atoms with Crippen LogP contribution in [0.2, 0.25) is 0 Å². The molecule has 0 aliphatic carbocycles. The summed E-state index contributed by atoms with van der Waals surface area (Å²) in [6, 6.07) is 5.04. The number of aryl methyl sites for hydroxylation is 1. The van der Waals surface area contributed by atoms with Crippen molar-refractivity contribution >= 4 is 34.8 Å². The van der Waals surface area contributed by atoms with Gasteiger partial charge >= 0.3 is 18.1 Å². The maximum absolute atomic E-state index is 12.2. The number of amides is 3. The smallest absolute Gasteiger partial charge is 0.407 e. The number of carbonyl (C=O) groups is 3. The fourth-order valence-corrected chi connectivity index (χ4v) is 4.74. The Balaban J connectivity index is 1.67. The molecule has 0 saturated carbocycles. The number of para-hydroxylation sites is 1. The Labute approximate surface area is 210 Å². The molecule has 12 heteroatoms. The van der Waals surface area contributed by atoms with Crippen LogP contribution in [-0.4, -0.2) is 94.3 Å². The Morgan fingerprint density at radius 1 is 1.22 bits per heavy atom. The summed E-state index contributed by atoms with van der Waals surface area (Å²) >= 11 is 0. The van der Waals surface area contributed by atoms with Gasteiger partial charge < -0.3 is 25.2 Å². The Bertz CT molecular complexity index is 1080. The molecule has 12 nitrogen and oxygen atoms in total. The van der Waals surface area contributed by atoms with Gasteiger partial charge in [0.15, 0.2) is 5.82 Å². The van der Waals surface area contributed by atoms with E-state index < -0.39 is 18.1 Å². The van der Waals surface area contributed by atoms with Crippen LogP contribution in [0.1, 0.15) is 33.6 Å². The van der Waals surface area contributed by atoms with E-state index in [1.807, 2.05) is 32.0 Å². The monoisotopic (exact) mass is 504 g/mol. The molecular weight excluding hydrogens is 468 g/mol. The third-order valence-electron chi connectivity index (χ3n) is 6.37. The van der Waals surface area contributed by atoms with Crippen LogP contribution in [-0.2, 0) is 16.6 Å². The van der Waals surface area contributed by atoms with Crippen LogP contribution in [0.5, 0.6) is 5.75 Å². The molecule has 2 atom stereocenters. The van der Waals surface area contributed by atoms with E-state index in [1.165, 1.54) is 9.80 Å². The Morgan fingerprint density at radius 2 is 1.92 bits per heavy atom. The molecule has 198 valence electrons. The molecule has 0 spiro atoms. The molecule has 1 aliphatic rings. The van der Waals surface area contributed by atoms with E-state index in [9.17, 15) is 19.5 Å². The van der Waals surface area contributed by atoms with Crippen molar-refractivity contribution in [3.63, 3.8) is 0 Å². The fraction of sp³-hybridized carbons (Fsp3) is 0.583. The molecule has 3 amide bonds. The molecule has 2 heterocycles. The summed E-state index contributed by atoms with van der Waals surface area (Å²) in [7, 11) is 1.76. The molecule has 36 heavy (non-hydrogen) atoms. The molecule has 3 rings (SSSR count). The van der Waals surface area contributed by atoms with E-state index in [0.717, 1.165) is 13.0 Å². The summed E-state index contributed by atoms with van der Waals surface area (Å²) in [5.74, 6) is 0.565. The van der Waals surface area contributed by atoms with Crippen molar-refractivity contribution in [1.29, 1.82) is 0 Å². The average molecular weight is 505 g/mol. The van der Waals surface area contributed by atoms with E-state index in [2.05, 4.69) is 10.00 Å². The van der Waals surface area contributed by atoms with Gasteiger partial charge in [-0.15, -0.1) is 0 Å². The molecule has 1 aromatic heterocycles. The molecule has 1 aromatic carbocycles. The number of ether oxygens (including phenoxy) is 2. The lowest BCUT2D eigenvalue weighted by Crippen LogP contribution is -2.58. The lowest BCUT2D eigenvalue weighted by molar-refractivity contribution is -0.142. The van der Waals surface area contributed by atoms with E-state index in [1.54, 1.807) is 18.7 Å². The maximum Gasteiger partial charge on any atom is 0.407 e. The molecular formula is C24H36N6O6. The number of esters is 1. The van der Waals surface area contributed by atoms with Crippen LogP contribution in [0, 0.1) is 0 Å². The molecule has 3 N–H and O–H groups in total. The standard InChI is InChI=1S/C24H36N6O6/c1-5-35-20(31)10-12-30(23(25)32)22-18-8-6-9-19(21(18)27(4)26-22)36-13-7-11-29-16(2)14-28(24(33)34)15-17(29)3/h6,8-9,16-17H,5,7,10-15H2,1-4H3,(H2,25,32)(H,33,34)/t16-,17+. The lowest BCUT2D eigenvalue weighted by Gasteiger charge is -2.43. The second-order valence-corrected chi connectivity index (χ2v) is 8.97. The lowest BCUT2D eigenvalue weighted by atomic mass is 10.1. The van der Waals surface area contributed by atoms with Crippen LogP contribution in [0.25, 0.3) is 10.9 Å². The summed E-state index contributed by atoms with van der Waals surface area (Å²) in [5, 5.41) is 14.5. The number of hydrogen-bond donors (Lipinski definition) is 2. The Hall–Kier alpha value is -3.54. The Morgan fingerprint density at radius 3 is 2.53 bits per heavy atom. The zero-order chi connectivity index (χ0) is 26.4. The first-order valence-electron chi connectivity index (χ1n) is 12.2. The number of nitrogens with two attached hydrogens (primary N) is 1. The first-order valence-corrected chi connectivity index (χ1v) is 12.2. The number of hydrogen-bond acceptors (Lipinski definition) is 7. The number of primary amides is 1. The summed E-state index contributed by atoms with van der Waals surface area (Å²) in [6.45, 7) is 8.34. The SMILES string of the molecule is CCOC(=O)CCN(C(N)=O)c1nn(C)c2c(OCCCN3[C@H](C)CN(C(=O)O)C[C@@H]3C)cccc12. The van der Waals surface area contributed by atoms with E-state index in [0.29, 0.717) is 42.2 Å². The minimum absolute atomic E-state index is 0.00259. The fourth-order valence-electron chi connectivity index (χ4n) is 4.74. The summed E-state index contributed by atoms with van der Waals surface area (Å²) < 4.78 is 12.7. The van der Waals surface area contributed by atoms with Gasteiger partial charge in [0, 0.05) is 50.7 Å². The zero-order valence-electron chi connectivity index (χ0n) is 21.3. The maximum atomic E-state index is 12.2. The third kappa shape index (κ3) is 6.17. The van der Waals surface area contributed by atoms with Gasteiger partial charge in [0.1, 0.15) is 11.3 Å². The number of rotatable bonds is 10. The second-order valence-electron chi connectivity index (χ2n) is 8.97. The molecule has 1 aliphatic heterocycles. The van der Waals surface area contributed by atoms with Gasteiger partial charge in [-0.3, -0.25) is 19.3 Å². The number of piperazine rings is 1. The number of nitrogens with zero attached hydrogens (tertiary/aromatic N) is 5. The van der Waals surface area contributed by atoms with Gasteiger partial charge in [0.25, 0.3) is 0 Å². The number of aromatic nitrogens is 2. The summed E-state index contributed by atoms with van der Waals surface area (Å²) in [4.78, 5) is 40.3. The number of fused-ring (bicyclic) bond motifs is 1. The number of carbonyl (C=O) groups excluding carboxylic acids is 2. The number of anilines is 1. The van der Waals surface area contributed by atoms with Gasteiger partial charge in [-0.1, -0.05) is 6.07 Å². The normalized spacial score (nSPS) is 18.3. The van der Waals surface area contributed by atoms with Crippen molar-refractivity contribution in [3.05, 3.63) is 18.2 Å². The highest BCUT2D eigenvalue weighted by molar-refractivity contribution is 6.02. The van der Waals surface area contributed by atoms with Gasteiger partial charge in [0.2, 0.25) is 0 Å². The van der Waals surface area contributed by atoms with Crippen molar-refractivity contribution < 1.29 is 29.0 Å². The molecule has 1 saturated heterocycles. The van der Waals surface area contributed by atoms with Crippen molar-refractivity contribution in [2.45, 2.75) is 45.7 Å². The van der Waals surface area contributed by atoms with Crippen molar-refractivity contribution in [3.8, 4) is 5.75 Å². The average Bonchev–Trinajstić information content (AvgIpc) is 3.15.